The second kappa shape index (κ2) is 7.29. The smallest absolute Gasteiger partial charge is 0.262 e. The van der Waals surface area contributed by atoms with Crippen LogP contribution in [0.2, 0.25) is 10.0 Å². The summed E-state index contributed by atoms with van der Waals surface area (Å²) in [4.78, 5) is 23.4. The molecule has 0 aromatic heterocycles. The number of nitrogens with one attached hydrogen (secondary N) is 1. The SMILES string of the molecule is CC(=O)c1cc(Cl)ccc1OCC(=O)Nc1ccccc1Cl. The van der Waals surface area contributed by atoms with E-state index < -0.39 is 0 Å². The summed E-state index contributed by atoms with van der Waals surface area (Å²) in [6, 6.07) is 11.5. The molecule has 114 valence electrons. The third-order valence-corrected chi connectivity index (χ3v) is 3.39. The standard InChI is InChI=1S/C16H13Cl2NO3/c1-10(20)12-8-11(17)6-7-15(12)22-9-16(21)19-14-5-3-2-4-13(14)18/h2-8H,9H2,1H3,(H,19,21). The van der Waals surface area contributed by atoms with Gasteiger partial charge in [0.1, 0.15) is 5.75 Å². The zero-order chi connectivity index (χ0) is 16.1. The molecule has 2 aromatic rings. The van der Waals surface area contributed by atoms with E-state index in [0.29, 0.717) is 27.0 Å². The van der Waals surface area contributed by atoms with Crippen molar-refractivity contribution >= 4 is 40.6 Å². The maximum absolute atomic E-state index is 11.9. The van der Waals surface area contributed by atoms with Gasteiger partial charge >= 0.3 is 0 Å². The van der Waals surface area contributed by atoms with Gasteiger partial charge in [0, 0.05) is 5.02 Å². The van der Waals surface area contributed by atoms with E-state index in [-0.39, 0.29) is 18.3 Å². The number of anilines is 1. The molecule has 2 aromatic carbocycles. The van der Waals surface area contributed by atoms with Gasteiger partial charge < -0.3 is 10.1 Å². The normalized spacial score (nSPS) is 10.1. The first kappa shape index (κ1) is 16.3. The van der Waals surface area contributed by atoms with Crippen molar-refractivity contribution in [1.82, 2.24) is 0 Å². The fourth-order valence-corrected chi connectivity index (χ4v) is 2.15. The van der Waals surface area contributed by atoms with E-state index in [1.165, 1.54) is 13.0 Å². The van der Waals surface area contributed by atoms with Gasteiger partial charge in [0.15, 0.2) is 12.4 Å². The van der Waals surface area contributed by atoms with Crippen LogP contribution in [0, 0.1) is 0 Å². The van der Waals surface area contributed by atoms with Crippen LogP contribution in [0.25, 0.3) is 0 Å². The number of hydrogen-bond donors (Lipinski definition) is 1. The Kier molecular flexibility index (Phi) is 5.41. The first-order valence-electron chi connectivity index (χ1n) is 6.45. The molecule has 6 heteroatoms. The molecule has 0 radical (unpaired) electrons. The number of ether oxygens (including phenoxy) is 1. The fourth-order valence-electron chi connectivity index (χ4n) is 1.80. The maximum atomic E-state index is 11.9. The highest BCUT2D eigenvalue weighted by atomic mass is 35.5. The number of halogens is 2. The summed E-state index contributed by atoms with van der Waals surface area (Å²) in [6.07, 6.45) is 0. The molecule has 2 rings (SSSR count). The lowest BCUT2D eigenvalue weighted by atomic mass is 10.1. The van der Waals surface area contributed by atoms with Gasteiger partial charge in [-0.25, -0.2) is 0 Å². The van der Waals surface area contributed by atoms with Gasteiger partial charge in [0.25, 0.3) is 5.91 Å². The molecule has 4 nitrogen and oxygen atoms in total. The Bertz CT molecular complexity index is 716. The van der Waals surface area contributed by atoms with E-state index in [9.17, 15) is 9.59 Å². The molecule has 0 saturated heterocycles. The number of Topliss-reactive ketones (excluding diaryl/α,β-unsaturated/α-hetero) is 1. The van der Waals surface area contributed by atoms with Crippen molar-refractivity contribution in [1.29, 1.82) is 0 Å². The molecular formula is C16H13Cl2NO3. The van der Waals surface area contributed by atoms with Crippen LogP contribution in [0.1, 0.15) is 17.3 Å². The molecular weight excluding hydrogens is 325 g/mol. The van der Waals surface area contributed by atoms with Crippen LogP contribution in [0.3, 0.4) is 0 Å². The van der Waals surface area contributed by atoms with Crippen molar-refractivity contribution in [3.05, 3.63) is 58.1 Å². The summed E-state index contributed by atoms with van der Waals surface area (Å²) in [5, 5.41) is 3.50. The molecule has 0 unspecified atom stereocenters. The second-order valence-corrected chi connectivity index (χ2v) is 5.36. The van der Waals surface area contributed by atoms with E-state index >= 15 is 0 Å². The molecule has 0 bridgehead atoms. The molecule has 0 aliphatic carbocycles. The van der Waals surface area contributed by atoms with Crippen molar-refractivity contribution in [3.8, 4) is 5.75 Å². The third-order valence-electron chi connectivity index (χ3n) is 2.83. The molecule has 0 aliphatic heterocycles. The minimum Gasteiger partial charge on any atom is -0.483 e. The Morgan fingerprint density at radius 3 is 2.55 bits per heavy atom. The van der Waals surface area contributed by atoms with E-state index in [0.717, 1.165) is 0 Å². The van der Waals surface area contributed by atoms with E-state index in [1.54, 1.807) is 36.4 Å². The number of amides is 1. The van der Waals surface area contributed by atoms with Gasteiger partial charge in [-0.05, 0) is 37.3 Å². The summed E-state index contributed by atoms with van der Waals surface area (Å²) in [5.74, 6) is -0.257. The van der Waals surface area contributed by atoms with Gasteiger partial charge in [-0.2, -0.15) is 0 Å². The summed E-state index contributed by atoms with van der Waals surface area (Å²) in [7, 11) is 0. The number of carbonyl (C=O) groups is 2. The van der Waals surface area contributed by atoms with Crippen molar-refractivity contribution in [3.63, 3.8) is 0 Å². The topological polar surface area (TPSA) is 55.4 Å². The average Bonchev–Trinajstić information content (AvgIpc) is 2.48. The molecule has 1 N–H and O–H groups in total. The van der Waals surface area contributed by atoms with Crippen LogP contribution in [0.5, 0.6) is 5.75 Å². The monoisotopic (exact) mass is 337 g/mol. The first-order valence-corrected chi connectivity index (χ1v) is 7.20. The zero-order valence-corrected chi connectivity index (χ0v) is 13.2. The number of para-hydroxylation sites is 1. The third kappa shape index (κ3) is 4.23. The Morgan fingerprint density at radius 1 is 1.14 bits per heavy atom. The molecule has 22 heavy (non-hydrogen) atoms. The quantitative estimate of drug-likeness (QED) is 0.831. The van der Waals surface area contributed by atoms with Crippen molar-refractivity contribution in [2.75, 3.05) is 11.9 Å². The Morgan fingerprint density at radius 2 is 1.86 bits per heavy atom. The van der Waals surface area contributed by atoms with Crippen LogP contribution >= 0.6 is 23.2 Å². The van der Waals surface area contributed by atoms with Crippen LogP contribution in [-0.2, 0) is 4.79 Å². The maximum Gasteiger partial charge on any atom is 0.262 e. The van der Waals surface area contributed by atoms with E-state index in [2.05, 4.69) is 5.32 Å². The number of carbonyl (C=O) groups excluding carboxylic acids is 2. The summed E-state index contributed by atoms with van der Waals surface area (Å²) in [5.41, 5.74) is 0.832. The molecule has 0 fully saturated rings. The predicted molar refractivity (Wildman–Crippen MR) is 87.0 cm³/mol. The number of benzene rings is 2. The average molecular weight is 338 g/mol. The minimum absolute atomic E-state index is 0.191. The molecule has 0 atom stereocenters. The van der Waals surface area contributed by atoms with Crippen molar-refractivity contribution in [2.24, 2.45) is 0 Å². The predicted octanol–water partition coefficient (Wildman–Crippen LogP) is 4.21. The summed E-state index contributed by atoms with van der Waals surface area (Å²) >= 11 is 11.8. The Labute approximate surface area is 138 Å². The van der Waals surface area contributed by atoms with E-state index in [1.807, 2.05) is 0 Å². The molecule has 0 aliphatic rings. The van der Waals surface area contributed by atoms with Gasteiger partial charge in [-0.1, -0.05) is 35.3 Å². The highest BCUT2D eigenvalue weighted by Crippen LogP contribution is 2.24. The first-order chi connectivity index (χ1) is 10.5. The van der Waals surface area contributed by atoms with Crippen molar-refractivity contribution < 1.29 is 14.3 Å². The van der Waals surface area contributed by atoms with Gasteiger partial charge in [-0.15, -0.1) is 0 Å². The molecule has 1 amide bonds. The Hall–Kier alpha value is -2.04. The highest BCUT2D eigenvalue weighted by Gasteiger charge is 2.12. The fraction of sp³-hybridized carbons (Fsp3) is 0.125. The van der Waals surface area contributed by atoms with Gasteiger partial charge in [-0.3, -0.25) is 9.59 Å². The lowest BCUT2D eigenvalue weighted by Crippen LogP contribution is -2.21. The summed E-state index contributed by atoms with van der Waals surface area (Å²) < 4.78 is 5.39. The van der Waals surface area contributed by atoms with Gasteiger partial charge in [0.2, 0.25) is 0 Å². The number of hydrogen-bond acceptors (Lipinski definition) is 3. The van der Waals surface area contributed by atoms with Crippen molar-refractivity contribution in [2.45, 2.75) is 6.92 Å². The molecule has 0 heterocycles. The second-order valence-electron chi connectivity index (χ2n) is 4.51. The van der Waals surface area contributed by atoms with E-state index in [4.69, 9.17) is 27.9 Å². The van der Waals surface area contributed by atoms with Crippen LogP contribution < -0.4 is 10.1 Å². The largest absolute Gasteiger partial charge is 0.483 e. The minimum atomic E-state index is -0.377. The number of ketones is 1. The van der Waals surface area contributed by atoms with Crippen LogP contribution in [-0.4, -0.2) is 18.3 Å². The Balaban J connectivity index is 2.03. The number of rotatable bonds is 5. The zero-order valence-electron chi connectivity index (χ0n) is 11.7. The lowest BCUT2D eigenvalue weighted by Gasteiger charge is -2.11. The highest BCUT2D eigenvalue weighted by molar-refractivity contribution is 6.33. The van der Waals surface area contributed by atoms with Crippen LogP contribution in [0.15, 0.2) is 42.5 Å². The van der Waals surface area contributed by atoms with Gasteiger partial charge in [0.05, 0.1) is 16.3 Å². The van der Waals surface area contributed by atoms with Crippen LogP contribution in [0.4, 0.5) is 5.69 Å². The summed E-state index contributed by atoms with van der Waals surface area (Å²) in [6.45, 7) is 1.16. The lowest BCUT2D eigenvalue weighted by molar-refractivity contribution is -0.118. The molecule has 0 spiro atoms. The molecule has 0 saturated carbocycles.